The smallest absolute Gasteiger partial charge is 0.274 e. The minimum absolute atomic E-state index is 0.210. The van der Waals surface area contributed by atoms with Crippen molar-refractivity contribution in [3.05, 3.63) is 53.6 Å². The SMILES string of the molecule is CNCC#CCOc1ccc(C(=O)Nc2ccc(F)c(C3(C)CCSC(N)=N3)c2)nc1. The topological polar surface area (TPSA) is 102 Å². The maximum atomic E-state index is 14.5. The summed E-state index contributed by atoms with van der Waals surface area (Å²) in [5, 5.41) is 6.10. The second-order valence-electron chi connectivity index (χ2n) is 7.02. The molecule has 0 saturated heterocycles. The minimum Gasteiger partial charge on any atom is -0.479 e. The molecule has 162 valence electrons. The van der Waals surface area contributed by atoms with Gasteiger partial charge in [0.25, 0.3) is 5.91 Å². The van der Waals surface area contributed by atoms with Crippen LogP contribution in [-0.4, -0.2) is 42.0 Å². The van der Waals surface area contributed by atoms with Crippen LogP contribution in [0.3, 0.4) is 0 Å². The zero-order valence-electron chi connectivity index (χ0n) is 17.4. The van der Waals surface area contributed by atoms with Gasteiger partial charge < -0.3 is 21.1 Å². The number of carbonyl (C=O) groups is 1. The molecule has 1 aliphatic rings. The highest BCUT2D eigenvalue weighted by molar-refractivity contribution is 8.13. The number of carbonyl (C=O) groups excluding carboxylic acids is 1. The Morgan fingerprint density at radius 3 is 2.90 bits per heavy atom. The van der Waals surface area contributed by atoms with Crippen molar-refractivity contribution in [1.82, 2.24) is 10.3 Å². The Bertz CT molecular complexity index is 1030. The average molecular weight is 442 g/mol. The number of halogens is 1. The predicted molar refractivity (Wildman–Crippen MR) is 122 cm³/mol. The molecule has 0 radical (unpaired) electrons. The van der Waals surface area contributed by atoms with E-state index in [2.05, 4.69) is 32.5 Å². The molecule has 1 aliphatic heterocycles. The Kier molecular flexibility index (Phi) is 7.50. The standard InChI is InChI=1S/C22H24FN5O2S/c1-22(9-12-31-21(24)28-22)17-13-15(5-7-18(17)23)27-20(29)19-8-6-16(14-26-19)30-11-4-3-10-25-2/h5-8,13-14,25H,9-12H2,1-2H3,(H2,24,28)(H,27,29). The van der Waals surface area contributed by atoms with Crippen molar-refractivity contribution >= 4 is 28.5 Å². The number of aliphatic imine (C=N–C) groups is 1. The van der Waals surface area contributed by atoms with Crippen LogP contribution in [0.15, 0.2) is 41.5 Å². The molecule has 31 heavy (non-hydrogen) atoms. The first-order chi connectivity index (χ1) is 14.9. The van der Waals surface area contributed by atoms with E-state index in [9.17, 15) is 9.18 Å². The number of pyridine rings is 1. The number of anilines is 1. The van der Waals surface area contributed by atoms with Gasteiger partial charge in [-0.05, 0) is 50.7 Å². The van der Waals surface area contributed by atoms with Gasteiger partial charge in [0.05, 0.1) is 18.3 Å². The normalized spacial score (nSPS) is 17.8. The number of nitrogens with one attached hydrogen (secondary N) is 2. The summed E-state index contributed by atoms with van der Waals surface area (Å²) in [5.41, 5.74) is 6.14. The molecule has 0 saturated carbocycles. The number of rotatable bonds is 6. The van der Waals surface area contributed by atoms with E-state index in [-0.39, 0.29) is 18.1 Å². The molecule has 1 amide bonds. The first-order valence-electron chi connectivity index (χ1n) is 9.70. The average Bonchev–Trinajstić information content (AvgIpc) is 2.75. The van der Waals surface area contributed by atoms with E-state index in [4.69, 9.17) is 10.5 Å². The van der Waals surface area contributed by atoms with E-state index in [0.29, 0.717) is 35.1 Å². The van der Waals surface area contributed by atoms with Crippen molar-refractivity contribution in [3.63, 3.8) is 0 Å². The third-order valence-corrected chi connectivity index (χ3v) is 5.47. The van der Waals surface area contributed by atoms with Crippen LogP contribution in [0.5, 0.6) is 5.75 Å². The fourth-order valence-corrected chi connectivity index (χ4v) is 3.99. The van der Waals surface area contributed by atoms with Crippen LogP contribution in [-0.2, 0) is 5.54 Å². The Morgan fingerprint density at radius 2 is 2.19 bits per heavy atom. The molecule has 1 unspecified atom stereocenters. The molecule has 2 aromatic rings. The molecule has 0 aliphatic carbocycles. The van der Waals surface area contributed by atoms with Crippen LogP contribution in [0.1, 0.15) is 29.4 Å². The van der Waals surface area contributed by atoms with Crippen LogP contribution < -0.4 is 21.1 Å². The molecule has 2 heterocycles. The number of hydrogen-bond acceptors (Lipinski definition) is 7. The molecule has 3 rings (SSSR count). The molecule has 0 fully saturated rings. The summed E-state index contributed by atoms with van der Waals surface area (Å²) in [5.74, 6) is 6.21. The molecule has 1 aromatic carbocycles. The molecule has 1 atom stereocenters. The third-order valence-electron chi connectivity index (χ3n) is 4.67. The number of amides is 1. The zero-order valence-corrected chi connectivity index (χ0v) is 18.2. The molecule has 7 nitrogen and oxygen atoms in total. The molecule has 0 bridgehead atoms. The summed E-state index contributed by atoms with van der Waals surface area (Å²) in [6.45, 7) is 2.66. The van der Waals surface area contributed by atoms with Gasteiger partial charge in [-0.15, -0.1) is 0 Å². The predicted octanol–water partition coefficient (Wildman–Crippen LogP) is 2.74. The summed E-state index contributed by atoms with van der Waals surface area (Å²) in [6.07, 6.45) is 2.11. The van der Waals surface area contributed by atoms with E-state index in [0.717, 1.165) is 5.75 Å². The van der Waals surface area contributed by atoms with Gasteiger partial charge in [0.15, 0.2) is 5.17 Å². The van der Waals surface area contributed by atoms with E-state index >= 15 is 0 Å². The van der Waals surface area contributed by atoms with E-state index < -0.39 is 11.4 Å². The highest BCUT2D eigenvalue weighted by Gasteiger charge is 2.32. The molecular formula is C22H24FN5O2S. The number of thioether (sulfide) groups is 1. The number of hydrogen-bond donors (Lipinski definition) is 3. The molecule has 4 N–H and O–H groups in total. The number of benzene rings is 1. The van der Waals surface area contributed by atoms with Gasteiger partial charge >= 0.3 is 0 Å². The molecule has 1 aromatic heterocycles. The van der Waals surface area contributed by atoms with Crippen molar-refractivity contribution < 1.29 is 13.9 Å². The van der Waals surface area contributed by atoms with Crippen LogP contribution in [0.25, 0.3) is 0 Å². The largest absolute Gasteiger partial charge is 0.479 e. The fraction of sp³-hybridized carbons (Fsp3) is 0.318. The number of amidine groups is 1. The monoisotopic (exact) mass is 441 g/mol. The second kappa shape index (κ2) is 10.3. The summed E-state index contributed by atoms with van der Waals surface area (Å²) in [7, 11) is 1.81. The zero-order chi connectivity index (χ0) is 22.3. The highest BCUT2D eigenvalue weighted by atomic mass is 32.2. The summed E-state index contributed by atoms with van der Waals surface area (Å²) in [6, 6.07) is 7.63. The van der Waals surface area contributed by atoms with Crippen LogP contribution in [0.2, 0.25) is 0 Å². The van der Waals surface area contributed by atoms with Crippen LogP contribution in [0, 0.1) is 17.7 Å². The van der Waals surface area contributed by atoms with E-state index in [1.54, 1.807) is 18.2 Å². The lowest BCUT2D eigenvalue weighted by Gasteiger charge is -2.30. The first-order valence-corrected chi connectivity index (χ1v) is 10.7. The lowest BCUT2D eigenvalue weighted by atomic mass is 9.89. The maximum Gasteiger partial charge on any atom is 0.274 e. The van der Waals surface area contributed by atoms with Gasteiger partial charge in [-0.25, -0.2) is 9.37 Å². The lowest BCUT2D eigenvalue weighted by molar-refractivity contribution is 0.102. The molecule has 0 spiro atoms. The summed E-state index contributed by atoms with van der Waals surface area (Å²) >= 11 is 1.45. The second-order valence-corrected chi connectivity index (χ2v) is 8.14. The Labute approximate surface area is 185 Å². The maximum absolute atomic E-state index is 14.5. The Morgan fingerprint density at radius 1 is 1.35 bits per heavy atom. The lowest BCUT2D eigenvalue weighted by Crippen LogP contribution is -2.29. The van der Waals surface area contributed by atoms with Crippen molar-refractivity contribution in [2.75, 3.05) is 31.3 Å². The van der Waals surface area contributed by atoms with Crippen molar-refractivity contribution in [3.8, 4) is 17.6 Å². The Hall–Kier alpha value is -3.09. The number of nitrogens with zero attached hydrogens (tertiary/aromatic N) is 2. The first kappa shape index (κ1) is 22.6. The van der Waals surface area contributed by atoms with Crippen molar-refractivity contribution in [2.45, 2.75) is 18.9 Å². The van der Waals surface area contributed by atoms with Gasteiger partial charge in [-0.3, -0.25) is 9.79 Å². The van der Waals surface area contributed by atoms with Gasteiger partial charge in [0.2, 0.25) is 0 Å². The van der Waals surface area contributed by atoms with Crippen LogP contribution in [0.4, 0.5) is 10.1 Å². The minimum atomic E-state index is -0.770. The Balaban J connectivity index is 1.68. The van der Waals surface area contributed by atoms with Crippen molar-refractivity contribution in [1.29, 1.82) is 0 Å². The number of nitrogens with two attached hydrogens (primary N) is 1. The summed E-state index contributed by atoms with van der Waals surface area (Å²) < 4.78 is 20.0. The van der Waals surface area contributed by atoms with Crippen molar-refractivity contribution in [2.24, 2.45) is 10.7 Å². The van der Waals surface area contributed by atoms with Gasteiger partial charge in [0, 0.05) is 17.0 Å². The quantitative estimate of drug-likeness (QED) is 0.596. The van der Waals surface area contributed by atoms with E-state index in [1.807, 2.05) is 14.0 Å². The number of aromatic nitrogens is 1. The third kappa shape index (κ3) is 5.96. The fourth-order valence-electron chi connectivity index (χ4n) is 3.01. The van der Waals surface area contributed by atoms with Gasteiger partial charge in [0.1, 0.15) is 23.9 Å². The van der Waals surface area contributed by atoms with E-state index in [1.165, 1.54) is 30.1 Å². The van der Waals surface area contributed by atoms with Crippen LogP contribution >= 0.6 is 11.8 Å². The van der Waals surface area contributed by atoms with Gasteiger partial charge in [-0.2, -0.15) is 0 Å². The van der Waals surface area contributed by atoms with Gasteiger partial charge in [-0.1, -0.05) is 23.6 Å². The molecule has 9 heteroatoms. The molecular weight excluding hydrogens is 417 g/mol. The summed E-state index contributed by atoms with van der Waals surface area (Å²) in [4.78, 5) is 21.1. The number of ether oxygens (including phenoxy) is 1. The highest BCUT2D eigenvalue weighted by Crippen LogP contribution is 2.37.